The van der Waals surface area contributed by atoms with Crippen LogP contribution >= 0.6 is 11.6 Å². The maximum absolute atomic E-state index is 6.09. The topological polar surface area (TPSA) is 72.2 Å². The van der Waals surface area contributed by atoms with Gasteiger partial charge >= 0.3 is 6.01 Å². The summed E-state index contributed by atoms with van der Waals surface area (Å²) in [5.74, 6) is 1.21. The minimum Gasteiger partial charge on any atom is -0.497 e. The molecule has 1 heterocycles. The molecule has 0 amide bonds. The molecule has 108 valence electrons. The minimum atomic E-state index is 0.292. The summed E-state index contributed by atoms with van der Waals surface area (Å²) in [6, 6.07) is 5.92. The molecule has 1 aromatic carbocycles. The Labute approximate surface area is 122 Å². The lowest BCUT2D eigenvalue weighted by atomic mass is 10.3. The van der Waals surface area contributed by atoms with Gasteiger partial charge in [-0.3, -0.25) is 0 Å². The number of hydrogen-bond acceptors (Lipinski definition) is 6. The molecule has 0 aliphatic rings. The van der Waals surface area contributed by atoms with Crippen molar-refractivity contribution >= 4 is 23.3 Å². The quantitative estimate of drug-likeness (QED) is 0.854. The lowest BCUT2D eigenvalue weighted by Gasteiger charge is -2.06. The predicted molar refractivity (Wildman–Crippen MR) is 77.6 cm³/mol. The zero-order valence-electron chi connectivity index (χ0n) is 11.6. The van der Waals surface area contributed by atoms with Crippen molar-refractivity contribution < 1.29 is 9.15 Å². The summed E-state index contributed by atoms with van der Waals surface area (Å²) in [7, 11) is 1.59. The number of anilines is 2. The van der Waals surface area contributed by atoms with E-state index in [1.807, 2.05) is 13.8 Å². The Balaban J connectivity index is 2.06. The van der Waals surface area contributed by atoms with Crippen molar-refractivity contribution in [2.45, 2.75) is 26.4 Å². The number of nitrogens with zero attached hydrogens (tertiary/aromatic N) is 2. The number of aromatic nitrogens is 2. The fourth-order valence-electron chi connectivity index (χ4n) is 1.51. The molecule has 0 saturated carbocycles. The van der Waals surface area contributed by atoms with Gasteiger partial charge in [-0.05, 0) is 12.1 Å². The van der Waals surface area contributed by atoms with Gasteiger partial charge in [-0.15, -0.1) is 5.10 Å². The SMILES string of the molecule is COc1ccc(Cl)c(Nc2nnc(CNC(C)C)o2)c1. The van der Waals surface area contributed by atoms with E-state index in [0.717, 1.165) is 0 Å². The lowest BCUT2D eigenvalue weighted by Crippen LogP contribution is -2.21. The highest BCUT2D eigenvalue weighted by Gasteiger charge is 2.09. The van der Waals surface area contributed by atoms with Gasteiger partial charge in [0, 0.05) is 12.1 Å². The maximum Gasteiger partial charge on any atom is 0.320 e. The third-order valence-electron chi connectivity index (χ3n) is 2.54. The third kappa shape index (κ3) is 3.85. The van der Waals surface area contributed by atoms with Crippen LogP contribution in [0.25, 0.3) is 0 Å². The number of hydrogen-bond donors (Lipinski definition) is 2. The molecule has 20 heavy (non-hydrogen) atoms. The molecule has 0 unspecified atom stereocenters. The second-order valence-electron chi connectivity index (χ2n) is 4.51. The van der Waals surface area contributed by atoms with Gasteiger partial charge in [0.2, 0.25) is 5.89 Å². The molecule has 0 atom stereocenters. The largest absolute Gasteiger partial charge is 0.497 e. The number of rotatable bonds is 6. The van der Waals surface area contributed by atoms with Gasteiger partial charge in [-0.1, -0.05) is 30.5 Å². The Morgan fingerprint density at radius 2 is 2.15 bits per heavy atom. The first-order chi connectivity index (χ1) is 9.58. The van der Waals surface area contributed by atoms with Gasteiger partial charge in [0.15, 0.2) is 0 Å². The third-order valence-corrected chi connectivity index (χ3v) is 2.87. The van der Waals surface area contributed by atoms with Crippen LogP contribution in [0, 0.1) is 0 Å². The Morgan fingerprint density at radius 3 is 2.85 bits per heavy atom. The first kappa shape index (κ1) is 14.6. The average molecular weight is 297 g/mol. The molecule has 0 fully saturated rings. The highest BCUT2D eigenvalue weighted by atomic mass is 35.5. The van der Waals surface area contributed by atoms with E-state index in [0.29, 0.717) is 41.0 Å². The molecule has 0 radical (unpaired) electrons. The summed E-state index contributed by atoms with van der Waals surface area (Å²) >= 11 is 6.09. The Kier molecular flexibility index (Phi) is 4.81. The highest BCUT2D eigenvalue weighted by Crippen LogP contribution is 2.28. The van der Waals surface area contributed by atoms with E-state index in [4.69, 9.17) is 20.8 Å². The van der Waals surface area contributed by atoms with Crippen LogP contribution in [-0.4, -0.2) is 23.3 Å². The summed E-state index contributed by atoms with van der Waals surface area (Å²) in [5.41, 5.74) is 0.651. The van der Waals surface area contributed by atoms with Crippen LogP contribution in [0.2, 0.25) is 5.02 Å². The first-order valence-corrected chi connectivity index (χ1v) is 6.62. The van der Waals surface area contributed by atoms with E-state index < -0.39 is 0 Å². The second-order valence-corrected chi connectivity index (χ2v) is 4.91. The van der Waals surface area contributed by atoms with E-state index in [1.54, 1.807) is 25.3 Å². The van der Waals surface area contributed by atoms with Gasteiger partial charge < -0.3 is 19.8 Å². The molecule has 1 aromatic heterocycles. The van der Waals surface area contributed by atoms with Crippen LogP contribution in [0.1, 0.15) is 19.7 Å². The molecule has 7 heteroatoms. The Bertz CT molecular complexity index is 571. The Morgan fingerprint density at radius 1 is 1.35 bits per heavy atom. The van der Waals surface area contributed by atoms with Crippen molar-refractivity contribution in [3.63, 3.8) is 0 Å². The fraction of sp³-hybridized carbons (Fsp3) is 0.385. The molecule has 2 aromatic rings. The predicted octanol–water partition coefficient (Wildman–Crippen LogP) is 2.97. The average Bonchev–Trinajstić information content (AvgIpc) is 2.86. The van der Waals surface area contributed by atoms with Crippen LogP contribution < -0.4 is 15.4 Å². The number of ether oxygens (including phenoxy) is 1. The number of nitrogens with one attached hydrogen (secondary N) is 2. The standard InChI is InChI=1S/C13H17ClN4O2/c1-8(2)15-7-12-17-18-13(20-12)16-11-6-9(19-3)4-5-10(11)14/h4-6,8,15H,7H2,1-3H3,(H,16,18). The first-order valence-electron chi connectivity index (χ1n) is 6.25. The van der Waals surface area contributed by atoms with Crippen LogP contribution in [0.15, 0.2) is 22.6 Å². The molecule has 0 aliphatic heterocycles. The fourth-order valence-corrected chi connectivity index (χ4v) is 1.67. The summed E-state index contributed by atoms with van der Waals surface area (Å²) < 4.78 is 10.6. The molecule has 6 nitrogen and oxygen atoms in total. The smallest absolute Gasteiger partial charge is 0.320 e. The molecule has 0 bridgehead atoms. The van der Waals surface area contributed by atoms with Crippen molar-refractivity contribution in [2.75, 3.05) is 12.4 Å². The minimum absolute atomic E-state index is 0.292. The second kappa shape index (κ2) is 6.58. The summed E-state index contributed by atoms with van der Waals surface area (Å²) in [6.45, 7) is 4.62. The van der Waals surface area contributed by atoms with Crippen molar-refractivity contribution in [1.82, 2.24) is 15.5 Å². The number of methoxy groups -OCH3 is 1. The van der Waals surface area contributed by atoms with E-state index in [2.05, 4.69) is 20.8 Å². The van der Waals surface area contributed by atoms with Crippen molar-refractivity contribution in [3.05, 3.63) is 29.1 Å². The van der Waals surface area contributed by atoms with Crippen molar-refractivity contribution in [2.24, 2.45) is 0 Å². The van der Waals surface area contributed by atoms with Gasteiger partial charge in [-0.25, -0.2) is 0 Å². The Hall–Kier alpha value is -1.79. The number of halogens is 1. The molecular formula is C13H17ClN4O2. The van der Waals surface area contributed by atoms with Crippen LogP contribution in [0.5, 0.6) is 5.75 Å². The number of benzene rings is 1. The van der Waals surface area contributed by atoms with E-state index in [9.17, 15) is 0 Å². The van der Waals surface area contributed by atoms with Gasteiger partial charge in [0.1, 0.15) is 5.75 Å². The molecular weight excluding hydrogens is 280 g/mol. The summed E-state index contributed by atoms with van der Waals surface area (Å²) in [6.07, 6.45) is 0. The normalized spacial score (nSPS) is 10.8. The summed E-state index contributed by atoms with van der Waals surface area (Å²) in [5, 5.41) is 14.6. The zero-order valence-corrected chi connectivity index (χ0v) is 12.4. The monoisotopic (exact) mass is 296 g/mol. The van der Waals surface area contributed by atoms with Crippen LogP contribution in [0.3, 0.4) is 0 Å². The molecule has 2 N–H and O–H groups in total. The van der Waals surface area contributed by atoms with Crippen molar-refractivity contribution in [3.8, 4) is 5.75 Å². The van der Waals surface area contributed by atoms with E-state index in [1.165, 1.54) is 0 Å². The lowest BCUT2D eigenvalue weighted by molar-refractivity contribution is 0.415. The summed E-state index contributed by atoms with van der Waals surface area (Å²) in [4.78, 5) is 0. The molecule has 0 saturated heterocycles. The van der Waals surface area contributed by atoms with E-state index >= 15 is 0 Å². The van der Waals surface area contributed by atoms with Gasteiger partial charge in [-0.2, -0.15) is 0 Å². The van der Waals surface area contributed by atoms with Gasteiger partial charge in [0.05, 0.1) is 24.4 Å². The molecule has 0 aliphatic carbocycles. The van der Waals surface area contributed by atoms with Crippen molar-refractivity contribution in [1.29, 1.82) is 0 Å². The van der Waals surface area contributed by atoms with Crippen LogP contribution in [0.4, 0.5) is 11.7 Å². The molecule has 2 rings (SSSR count). The maximum atomic E-state index is 6.09. The zero-order chi connectivity index (χ0) is 14.5. The highest BCUT2D eigenvalue weighted by molar-refractivity contribution is 6.33. The van der Waals surface area contributed by atoms with Gasteiger partial charge in [0.25, 0.3) is 0 Å². The van der Waals surface area contributed by atoms with Crippen LogP contribution in [-0.2, 0) is 6.54 Å². The van der Waals surface area contributed by atoms with E-state index in [-0.39, 0.29) is 0 Å². The molecule has 0 spiro atoms.